The summed E-state index contributed by atoms with van der Waals surface area (Å²) in [4.78, 5) is 6.44. The Labute approximate surface area is 72.0 Å². The lowest BCUT2D eigenvalue weighted by Gasteiger charge is -2.32. The van der Waals surface area contributed by atoms with Gasteiger partial charge in [0, 0.05) is 12.6 Å². The molecule has 1 fully saturated rings. The molecule has 0 radical (unpaired) electrons. The molecule has 0 spiro atoms. The van der Waals surface area contributed by atoms with Gasteiger partial charge in [0.2, 0.25) is 5.95 Å². The van der Waals surface area contributed by atoms with E-state index in [1.165, 1.54) is 19.3 Å². The number of nitrogens with zero attached hydrogens (tertiary/aromatic N) is 3. The molecule has 0 bridgehead atoms. The van der Waals surface area contributed by atoms with Crippen LogP contribution in [-0.2, 0) is 0 Å². The maximum Gasteiger partial charge on any atom is 0.221 e. The number of nitrogens with one attached hydrogen (secondary N) is 1. The van der Waals surface area contributed by atoms with Crippen molar-refractivity contribution in [3.8, 4) is 0 Å². The lowest BCUT2D eigenvalue weighted by atomic mass is 10.0. The Bertz CT molecular complexity index is 231. The molecule has 66 valence electrons. The third-order valence-electron chi connectivity index (χ3n) is 2.48. The molecule has 12 heavy (non-hydrogen) atoms. The summed E-state index contributed by atoms with van der Waals surface area (Å²) in [5.74, 6) is 0.919. The van der Waals surface area contributed by atoms with Crippen LogP contribution in [0.3, 0.4) is 0 Å². The SMILES string of the molecule is C[C@H]1CCCCN1c1ncn[nH]1. The number of piperidine rings is 1. The Kier molecular flexibility index (Phi) is 1.98. The van der Waals surface area contributed by atoms with Gasteiger partial charge in [-0.25, -0.2) is 5.10 Å². The maximum absolute atomic E-state index is 4.15. The first kappa shape index (κ1) is 7.58. The van der Waals surface area contributed by atoms with Gasteiger partial charge in [0.05, 0.1) is 0 Å². The average molecular weight is 166 g/mol. The molecular formula is C8H14N4. The molecule has 0 aliphatic carbocycles. The minimum Gasteiger partial charge on any atom is -0.339 e. The molecular weight excluding hydrogens is 152 g/mol. The second-order valence-corrected chi connectivity index (χ2v) is 3.35. The van der Waals surface area contributed by atoms with Gasteiger partial charge in [-0.05, 0) is 26.2 Å². The van der Waals surface area contributed by atoms with Crippen LogP contribution in [0.2, 0.25) is 0 Å². The Morgan fingerprint density at radius 1 is 1.58 bits per heavy atom. The third kappa shape index (κ3) is 1.29. The molecule has 2 rings (SSSR count). The highest BCUT2D eigenvalue weighted by Gasteiger charge is 2.19. The van der Waals surface area contributed by atoms with Crippen molar-refractivity contribution in [2.75, 3.05) is 11.4 Å². The van der Waals surface area contributed by atoms with E-state index >= 15 is 0 Å². The first-order valence-corrected chi connectivity index (χ1v) is 4.50. The smallest absolute Gasteiger partial charge is 0.221 e. The zero-order chi connectivity index (χ0) is 8.39. The number of anilines is 1. The van der Waals surface area contributed by atoms with E-state index in [-0.39, 0.29) is 0 Å². The molecule has 0 aromatic carbocycles. The van der Waals surface area contributed by atoms with Crippen LogP contribution in [0.25, 0.3) is 0 Å². The van der Waals surface area contributed by atoms with E-state index in [2.05, 4.69) is 27.0 Å². The molecule has 1 saturated heterocycles. The third-order valence-corrected chi connectivity index (χ3v) is 2.48. The van der Waals surface area contributed by atoms with E-state index < -0.39 is 0 Å². The van der Waals surface area contributed by atoms with Gasteiger partial charge >= 0.3 is 0 Å². The minimum atomic E-state index is 0.603. The van der Waals surface area contributed by atoms with Crippen LogP contribution in [0, 0.1) is 0 Å². The summed E-state index contributed by atoms with van der Waals surface area (Å²) < 4.78 is 0. The zero-order valence-corrected chi connectivity index (χ0v) is 7.32. The molecule has 1 aromatic heterocycles. The van der Waals surface area contributed by atoms with Gasteiger partial charge < -0.3 is 4.90 Å². The normalized spacial score (nSPS) is 24.4. The summed E-state index contributed by atoms with van der Waals surface area (Å²) >= 11 is 0. The van der Waals surface area contributed by atoms with Crippen molar-refractivity contribution >= 4 is 5.95 Å². The first-order valence-electron chi connectivity index (χ1n) is 4.50. The molecule has 0 unspecified atom stereocenters. The molecule has 0 amide bonds. The van der Waals surface area contributed by atoms with Gasteiger partial charge in [0.15, 0.2) is 0 Å². The molecule has 0 saturated carbocycles. The largest absolute Gasteiger partial charge is 0.339 e. The van der Waals surface area contributed by atoms with Gasteiger partial charge in [0.25, 0.3) is 0 Å². The number of aromatic nitrogens is 3. The fourth-order valence-corrected chi connectivity index (χ4v) is 1.75. The molecule has 1 aliphatic heterocycles. The fourth-order valence-electron chi connectivity index (χ4n) is 1.75. The predicted octanol–water partition coefficient (Wildman–Crippen LogP) is 1.18. The van der Waals surface area contributed by atoms with Crippen LogP contribution in [-0.4, -0.2) is 27.8 Å². The molecule has 4 heteroatoms. The van der Waals surface area contributed by atoms with Gasteiger partial charge in [-0.2, -0.15) is 10.1 Å². The number of aromatic amines is 1. The maximum atomic E-state index is 4.15. The summed E-state index contributed by atoms with van der Waals surface area (Å²) in [6, 6.07) is 0.603. The zero-order valence-electron chi connectivity index (χ0n) is 7.32. The summed E-state index contributed by atoms with van der Waals surface area (Å²) in [6.45, 7) is 3.35. The van der Waals surface area contributed by atoms with Crippen molar-refractivity contribution < 1.29 is 0 Å². The van der Waals surface area contributed by atoms with Crippen molar-refractivity contribution in [1.82, 2.24) is 15.2 Å². The highest BCUT2D eigenvalue weighted by molar-refractivity contribution is 5.29. The number of hydrogen-bond acceptors (Lipinski definition) is 3. The Balaban J connectivity index is 2.11. The fraction of sp³-hybridized carbons (Fsp3) is 0.750. The molecule has 1 aromatic rings. The summed E-state index contributed by atoms with van der Waals surface area (Å²) in [5, 5.41) is 6.76. The second kappa shape index (κ2) is 3.13. The van der Waals surface area contributed by atoms with Crippen molar-refractivity contribution in [3.63, 3.8) is 0 Å². The average Bonchev–Trinajstić information content (AvgIpc) is 2.57. The highest BCUT2D eigenvalue weighted by atomic mass is 15.4. The number of H-pyrrole nitrogens is 1. The molecule has 1 aliphatic rings. The number of hydrogen-bond donors (Lipinski definition) is 1. The molecule has 1 atom stereocenters. The number of rotatable bonds is 1. The minimum absolute atomic E-state index is 0.603. The highest BCUT2D eigenvalue weighted by Crippen LogP contribution is 2.20. The quantitative estimate of drug-likeness (QED) is 0.681. The summed E-state index contributed by atoms with van der Waals surface area (Å²) in [6.07, 6.45) is 5.44. The van der Waals surface area contributed by atoms with E-state index in [0.29, 0.717) is 6.04 Å². The molecule has 2 heterocycles. The van der Waals surface area contributed by atoms with Crippen LogP contribution in [0.1, 0.15) is 26.2 Å². The first-order chi connectivity index (χ1) is 5.88. The second-order valence-electron chi connectivity index (χ2n) is 3.35. The topological polar surface area (TPSA) is 44.8 Å². The van der Waals surface area contributed by atoms with E-state index in [1.54, 1.807) is 6.33 Å². The van der Waals surface area contributed by atoms with Gasteiger partial charge in [-0.3, -0.25) is 0 Å². The Hall–Kier alpha value is -1.06. The van der Waals surface area contributed by atoms with Crippen molar-refractivity contribution in [1.29, 1.82) is 0 Å². The van der Waals surface area contributed by atoms with Gasteiger partial charge in [-0.1, -0.05) is 0 Å². The monoisotopic (exact) mass is 166 g/mol. The Morgan fingerprint density at radius 2 is 2.50 bits per heavy atom. The van der Waals surface area contributed by atoms with E-state index in [1.807, 2.05) is 0 Å². The van der Waals surface area contributed by atoms with Crippen molar-refractivity contribution in [3.05, 3.63) is 6.33 Å². The van der Waals surface area contributed by atoms with Crippen LogP contribution >= 0.6 is 0 Å². The molecule has 4 nitrogen and oxygen atoms in total. The predicted molar refractivity (Wildman–Crippen MR) is 47.0 cm³/mol. The van der Waals surface area contributed by atoms with Crippen molar-refractivity contribution in [2.24, 2.45) is 0 Å². The molecule has 1 N–H and O–H groups in total. The van der Waals surface area contributed by atoms with E-state index in [9.17, 15) is 0 Å². The Morgan fingerprint density at radius 3 is 3.17 bits per heavy atom. The van der Waals surface area contributed by atoms with Crippen LogP contribution in [0.4, 0.5) is 5.95 Å². The summed E-state index contributed by atoms with van der Waals surface area (Å²) in [7, 11) is 0. The van der Waals surface area contributed by atoms with Gasteiger partial charge in [-0.15, -0.1) is 0 Å². The van der Waals surface area contributed by atoms with Gasteiger partial charge in [0.1, 0.15) is 6.33 Å². The lowest BCUT2D eigenvalue weighted by Crippen LogP contribution is -2.38. The summed E-state index contributed by atoms with van der Waals surface area (Å²) in [5.41, 5.74) is 0. The standard InChI is InChI=1S/C8H14N4/c1-7-4-2-3-5-12(7)8-9-6-10-11-8/h6-7H,2-5H2,1H3,(H,9,10,11)/t7-/m0/s1. The van der Waals surface area contributed by atoms with E-state index in [0.717, 1.165) is 12.5 Å². The lowest BCUT2D eigenvalue weighted by molar-refractivity contribution is 0.477. The van der Waals surface area contributed by atoms with Crippen LogP contribution in [0.5, 0.6) is 0 Å². The van der Waals surface area contributed by atoms with Crippen LogP contribution in [0.15, 0.2) is 6.33 Å². The van der Waals surface area contributed by atoms with E-state index in [4.69, 9.17) is 0 Å². The van der Waals surface area contributed by atoms with Crippen molar-refractivity contribution in [2.45, 2.75) is 32.2 Å². The van der Waals surface area contributed by atoms with Crippen LogP contribution < -0.4 is 4.90 Å².